The minimum atomic E-state index is 0.787. The Morgan fingerprint density at radius 3 is 1.93 bits per heavy atom. The predicted molar refractivity (Wildman–Crippen MR) is 119 cm³/mol. The molecule has 0 amide bonds. The quantitative estimate of drug-likeness (QED) is 0.347. The standard InChI is InChI=1S/C26H31NO/c1-3-5-7-8-21-9-18-26(27-20-21)24-12-10-22(11-13-24)23-14-16-25(17-15-23)28-19-6-4-2/h9-18,20H,3-8,19H2,1-2H3. The normalized spacial score (nSPS) is 10.8. The van der Waals surface area contributed by atoms with E-state index in [2.05, 4.69) is 79.5 Å². The first-order valence-corrected chi connectivity index (χ1v) is 10.6. The summed E-state index contributed by atoms with van der Waals surface area (Å²) in [6, 6.07) is 21.3. The average molecular weight is 374 g/mol. The lowest BCUT2D eigenvalue weighted by molar-refractivity contribution is 0.309. The van der Waals surface area contributed by atoms with E-state index in [1.165, 1.54) is 36.0 Å². The molecule has 0 unspecified atom stereocenters. The fourth-order valence-corrected chi connectivity index (χ4v) is 3.23. The van der Waals surface area contributed by atoms with Crippen molar-refractivity contribution in [3.05, 3.63) is 72.4 Å². The lowest BCUT2D eigenvalue weighted by Gasteiger charge is -2.08. The maximum absolute atomic E-state index is 5.75. The van der Waals surface area contributed by atoms with Crippen molar-refractivity contribution in [1.82, 2.24) is 4.98 Å². The Balaban J connectivity index is 1.63. The maximum Gasteiger partial charge on any atom is 0.119 e. The van der Waals surface area contributed by atoms with E-state index < -0.39 is 0 Å². The first-order chi connectivity index (χ1) is 13.8. The molecule has 28 heavy (non-hydrogen) atoms. The Bertz CT molecular complexity index is 747. The number of rotatable bonds is 10. The van der Waals surface area contributed by atoms with E-state index in [0.29, 0.717) is 0 Å². The van der Waals surface area contributed by atoms with Gasteiger partial charge < -0.3 is 4.74 Å². The third-order valence-electron chi connectivity index (χ3n) is 5.03. The summed E-state index contributed by atoms with van der Waals surface area (Å²) in [5, 5.41) is 0. The Morgan fingerprint density at radius 2 is 1.32 bits per heavy atom. The summed E-state index contributed by atoms with van der Waals surface area (Å²) >= 11 is 0. The predicted octanol–water partition coefficient (Wildman–Crippen LogP) is 7.33. The second-order valence-electron chi connectivity index (χ2n) is 7.31. The van der Waals surface area contributed by atoms with E-state index in [1.54, 1.807) is 0 Å². The topological polar surface area (TPSA) is 22.1 Å². The number of unbranched alkanes of at least 4 members (excludes halogenated alkanes) is 3. The molecule has 0 atom stereocenters. The maximum atomic E-state index is 5.75. The van der Waals surface area contributed by atoms with Gasteiger partial charge in [-0.05, 0) is 54.2 Å². The summed E-state index contributed by atoms with van der Waals surface area (Å²) in [5.41, 5.74) is 5.93. The highest BCUT2D eigenvalue weighted by atomic mass is 16.5. The van der Waals surface area contributed by atoms with Crippen LogP contribution in [0.4, 0.5) is 0 Å². The van der Waals surface area contributed by atoms with Gasteiger partial charge in [0.15, 0.2) is 0 Å². The van der Waals surface area contributed by atoms with Gasteiger partial charge in [-0.1, -0.05) is 75.6 Å². The van der Waals surface area contributed by atoms with Crippen LogP contribution in [0.2, 0.25) is 0 Å². The summed E-state index contributed by atoms with van der Waals surface area (Å²) in [6.07, 6.45) is 9.18. The molecule has 0 bridgehead atoms. The van der Waals surface area contributed by atoms with Crippen molar-refractivity contribution >= 4 is 0 Å². The lowest BCUT2D eigenvalue weighted by Crippen LogP contribution is -1.95. The van der Waals surface area contributed by atoms with Gasteiger partial charge in [0, 0.05) is 11.8 Å². The van der Waals surface area contributed by atoms with Gasteiger partial charge in [-0.2, -0.15) is 0 Å². The van der Waals surface area contributed by atoms with Crippen LogP contribution in [-0.2, 0) is 6.42 Å². The minimum absolute atomic E-state index is 0.787. The van der Waals surface area contributed by atoms with Gasteiger partial charge in [-0.3, -0.25) is 4.98 Å². The minimum Gasteiger partial charge on any atom is -0.494 e. The van der Waals surface area contributed by atoms with Crippen molar-refractivity contribution in [3.63, 3.8) is 0 Å². The Hall–Kier alpha value is -2.61. The molecule has 1 heterocycles. The van der Waals surface area contributed by atoms with E-state index in [1.807, 2.05) is 6.20 Å². The molecule has 2 heteroatoms. The molecule has 0 spiro atoms. The van der Waals surface area contributed by atoms with Crippen molar-refractivity contribution in [2.45, 2.75) is 52.4 Å². The number of hydrogen-bond donors (Lipinski definition) is 0. The zero-order valence-electron chi connectivity index (χ0n) is 17.2. The van der Waals surface area contributed by atoms with Gasteiger partial charge >= 0.3 is 0 Å². The molecule has 0 aliphatic carbocycles. The summed E-state index contributed by atoms with van der Waals surface area (Å²) in [5.74, 6) is 0.942. The Kier molecular flexibility index (Phi) is 7.66. The first-order valence-electron chi connectivity index (χ1n) is 10.6. The first kappa shape index (κ1) is 20.1. The zero-order valence-corrected chi connectivity index (χ0v) is 17.2. The molecule has 2 aromatic carbocycles. The molecule has 0 saturated heterocycles. The molecule has 0 N–H and O–H groups in total. The van der Waals surface area contributed by atoms with Gasteiger partial charge in [0.05, 0.1) is 12.3 Å². The van der Waals surface area contributed by atoms with Crippen molar-refractivity contribution < 1.29 is 4.74 Å². The molecule has 0 aliphatic heterocycles. The zero-order chi connectivity index (χ0) is 19.6. The van der Waals surface area contributed by atoms with E-state index >= 15 is 0 Å². The van der Waals surface area contributed by atoms with E-state index in [4.69, 9.17) is 4.74 Å². The summed E-state index contributed by atoms with van der Waals surface area (Å²) in [7, 11) is 0. The second kappa shape index (κ2) is 10.7. The van der Waals surface area contributed by atoms with Gasteiger partial charge in [0.2, 0.25) is 0 Å². The van der Waals surface area contributed by atoms with Crippen LogP contribution in [0.15, 0.2) is 66.9 Å². The van der Waals surface area contributed by atoms with Crippen molar-refractivity contribution in [2.24, 2.45) is 0 Å². The number of aromatic nitrogens is 1. The third kappa shape index (κ3) is 5.69. The smallest absolute Gasteiger partial charge is 0.119 e. The van der Waals surface area contributed by atoms with Gasteiger partial charge in [0.1, 0.15) is 5.75 Å². The average Bonchev–Trinajstić information content (AvgIpc) is 2.75. The molecule has 3 rings (SSSR count). The third-order valence-corrected chi connectivity index (χ3v) is 5.03. The van der Waals surface area contributed by atoms with Crippen LogP contribution in [0, 0.1) is 0 Å². The fourth-order valence-electron chi connectivity index (χ4n) is 3.23. The SMILES string of the molecule is CCCCCc1ccc(-c2ccc(-c3ccc(OCCCC)cc3)cc2)nc1. The summed E-state index contributed by atoms with van der Waals surface area (Å²) in [6.45, 7) is 5.20. The second-order valence-corrected chi connectivity index (χ2v) is 7.31. The molecule has 0 saturated carbocycles. The summed E-state index contributed by atoms with van der Waals surface area (Å²) < 4.78 is 5.75. The number of benzene rings is 2. The van der Waals surface area contributed by atoms with Crippen molar-refractivity contribution in [1.29, 1.82) is 0 Å². The monoisotopic (exact) mass is 373 g/mol. The summed E-state index contributed by atoms with van der Waals surface area (Å²) in [4.78, 5) is 4.66. The molecule has 0 fully saturated rings. The van der Waals surface area contributed by atoms with Crippen LogP contribution in [-0.4, -0.2) is 11.6 Å². The lowest BCUT2D eigenvalue weighted by atomic mass is 10.0. The molecule has 146 valence electrons. The van der Waals surface area contributed by atoms with Gasteiger partial charge in [0.25, 0.3) is 0 Å². The van der Waals surface area contributed by atoms with Crippen LogP contribution in [0.25, 0.3) is 22.4 Å². The molecule has 3 aromatic rings. The Labute approximate surface area is 169 Å². The van der Waals surface area contributed by atoms with E-state index in [0.717, 1.165) is 42.9 Å². The number of hydrogen-bond acceptors (Lipinski definition) is 2. The van der Waals surface area contributed by atoms with Gasteiger partial charge in [-0.15, -0.1) is 0 Å². The largest absolute Gasteiger partial charge is 0.494 e. The highest BCUT2D eigenvalue weighted by Gasteiger charge is 2.03. The fraction of sp³-hybridized carbons (Fsp3) is 0.346. The van der Waals surface area contributed by atoms with Crippen LogP contribution in [0.5, 0.6) is 5.75 Å². The molecule has 1 aromatic heterocycles. The van der Waals surface area contributed by atoms with Gasteiger partial charge in [-0.25, -0.2) is 0 Å². The van der Waals surface area contributed by atoms with E-state index in [-0.39, 0.29) is 0 Å². The van der Waals surface area contributed by atoms with Crippen LogP contribution >= 0.6 is 0 Å². The van der Waals surface area contributed by atoms with Crippen molar-refractivity contribution in [3.8, 4) is 28.1 Å². The number of pyridine rings is 1. The molecular weight excluding hydrogens is 342 g/mol. The number of nitrogens with zero attached hydrogens (tertiary/aromatic N) is 1. The van der Waals surface area contributed by atoms with Crippen LogP contribution in [0.3, 0.4) is 0 Å². The molecule has 0 aliphatic rings. The van der Waals surface area contributed by atoms with Crippen LogP contribution < -0.4 is 4.74 Å². The van der Waals surface area contributed by atoms with Crippen LogP contribution in [0.1, 0.15) is 51.5 Å². The van der Waals surface area contributed by atoms with Crippen molar-refractivity contribution in [2.75, 3.05) is 6.61 Å². The number of aryl methyl sites for hydroxylation is 1. The highest BCUT2D eigenvalue weighted by Crippen LogP contribution is 2.26. The molecule has 0 radical (unpaired) electrons. The highest BCUT2D eigenvalue weighted by molar-refractivity contribution is 5.69. The Morgan fingerprint density at radius 1 is 0.679 bits per heavy atom. The van der Waals surface area contributed by atoms with E-state index in [9.17, 15) is 0 Å². The molecule has 2 nitrogen and oxygen atoms in total. The number of ether oxygens (including phenoxy) is 1. The molecular formula is C26H31NO.